The van der Waals surface area contributed by atoms with E-state index in [0.717, 1.165) is 21.6 Å². The van der Waals surface area contributed by atoms with E-state index in [2.05, 4.69) is 25.6 Å². The van der Waals surface area contributed by atoms with Crippen molar-refractivity contribution in [2.45, 2.75) is 6.54 Å². The number of methoxy groups -OCH3 is 2. The van der Waals surface area contributed by atoms with Gasteiger partial charge in [-0.25, -0.2) is 9.97 Å². The van der Waals surface area contributed by atoms with Crippen molar-refractivity contribution in [1.82, 2.24) is 20.3 Å². The summed E-state index contributed by atoms with van der Waals surface area (Å²) in [5.74, 6) is 2.68. The molecule has 3 aromatic heterocycles. The van der Waals surface area contributed by atoms with Crippen LogP contribution in [0.2, 0.25) is 0 Å². The summed E-state index contributed by atoms with van der Waals surface area (Å²) >= 11 is 1.49. The van der Waals surface area contributed by atoms with Crippen molar-refractivity contribution in [3.63, 3.8) is 0 Å². The maximum atomic E-state index is 12.7. The molecule has 0 saturated carbocycles. The second kappa shape index (κ2) is 10.9. The minimum atomic E-state index is -0.234. The number of rotatable bonds is 9. The zero-order valence-corrected chi connectivity index (χ0v) is 20.9. The lowest BCUT2D eigenvalue weighted by Crippen LogP contribution is -2.23. The van der Waals surface area contributed by atoms with Gasteiger partial charge in [-0.15, -0.1) is 11.3 Å². The van der Waals surface area contributed by atoms with Gasteiger partial charge in [-0.2, -0.15) is 0 Å². The van der Waals surface area contributed by atoms with Crippen molar-refractivity contribution in [3.05, 3.63) is 89.1 Å². The summed E-state index contributed by atoms with van der Waals surface area (Å²) in [6, 6.07) is 16.3. The van der Waals surface area contributed by atoms with E-state index in [0.29, 0.717) is 40.9 Å². The Labute approximate surface area is 217 Å². The zero-order chi connectivity index (χ0) is 25.6. The van der Waals surface area contributed by atoms with Crippen LogP contribution in [0.15, 0.2) is 78.6 Å². The van der Waals surface area contributed by atoms with Gasteiger partial charge in [-0.3, -0.25) is 9.78 Å². The number of amides is 1. The van der Waals surface area contributed by atoms with Crippen molar-refractivity contribution in [3.8, 4) is 23.0 Å². The highest BCUT2D eigenvalue weighted by atomic mass is 32.1. The molecule has 1 amide bonds. The monoisotopic (exact) mass is 513 g/mol. The molecule has 0 spiro atoms. The van der Waals surface area contributed by atoms with E-state index in [1.807, 2.05) is 41.8 Å². The van der Waals surface area contributed by atoms with Crippen LogP contribution >= 0.6 is 11.3 Å². The van der Waals surface area contributed by atoms with Crippen LogP contribution in [0.1, 0.15) is 15.4 Å². The Morgan fingerprint density at radius 3 is 2.46 bits per heavy atom. The van der Waals surface area contributed by atoms with E-state index in [-0.39, 0.29) is 5.91 Å². The topological polar surface area (TPSA) is 107 Å². The molecule has 10 heteroatoms. The lowest BCUT2D eigenvalue weighted by molar-refractivity contribution is 0.0951. The van der Waals surface area contributed by atoms with Gasteiger partial charge in [0.05, 0.1) is 31.8 Å². The normalized spacial score (nSPS) is 10.6. The Hall–Kier alpha value is -4.70. The number of fused-ring (bicyclic) bond motifs is 1. The molecule has 37 heavy (non-hydrogen) atoms. The Bertz CT molecular complexity index is 1520. The molecular formula is C27H23N5O4S. The number of pyridine rings is 2. The standard InChI is InChI=1S/C27H23N5O4S/c1-34-23-14-20-21(15-24(23)35-2)28-11-9-22(20)36-18-7-5-17(6-8-18)32-26-19(4-3-10-30-26)27(33)31-16-25-29-12-13-37-25/h3-15H,16H2,1-2H3,(H,30,32)(H,31,33). The van der Waals surface area contributed by atoms with Crippen LogP contribution in [0, 0.1) is 0 Å². The summed E-state index contributed by atoms with van der Waals surface area (Å²) < 4.78 is 17.0. The number of hydrogen-bond acceptors (Lipinski definition) is 9. The number of aromatic nitrogens is 3. The molecule has 5 aromatic rings. The van der Waals surface area contributed by atoms with Crippen molar-refractivity contribution < 1.29 is 19.0 Å². The molecule has 2 N–H and O–H groups in total. The van der Waals surface area contributed by atoms with Gasteiger partial charge in [0.1, 0.15) is 22.3 Å². The number of ether oxygens (including phenoxy) is 3. The number of benzene rings is 2. The van der Waals surface area contributed by atoms with Gasteiger partial charge in [-0.1, -0.05) is 0 Å². The number of nitrogens with zero attached hydrogens (tertiary/aromatic N) is 3. The summed E-state index contributed by atoms with van der Waals surface area (Å²) in [4.78, 5) is 25.7. The van der Waals surface area contributed by atoms with Crippen LogP contribution in [-0.4, -0.2) is 35.1 Å². The molecule has 186 valence electrons. The van der Waals surface area contributed by atoms with Crippen LogP contribution in [0.3, 0.4) is 0 Å². The molecular weight excluding hydrogens is 490 g/mol. The van der Waals surface area contributed by atoms with Gasteiger partial charge in [-0.05, 0) is 48.5 Å². The number of hydrogen-bond donors (Lipinski definition) is 2. The second-order valence-corrected chi connectivity index (χ2v) is 8.77. The molecule has 0 bridgehead atoms. The molecule has 3 heterocycles. The van der Waals surface area contributed by atoms with Crippen molar-refractivity contribution in [2.75, 3.05) is 19.5 Å². The average molecular weight is 514 g/mol. The van der Waals surface area contributed by atoms with Gasteiger partial charge in [0, 0.05) is 41.1 Å². The first-order valence-electron chi connectivity index (χ1n) is 11.3. The third-order valence-corrected chi connectivity index (χ3v) is 6.27. The molecule has 0 aliphatic rings. The fraction of sp³-hybridized carbons (Fsp3) is 0.111. The zero-order valence-electron chi connectivity index (χ0n) is 20.1. The minimum Gasteiger partial charge on any atom is -0.493 e. The van der Waals surface area contributed by atoms with E-state index in [1.165, 1.54) is 11.3 Å². The molecule has 9 nitrogen and oxygen atoms in total. The Balaban J connectivity index is 1.31. The Kier molecular flexibility index (Phi) is 7.09. The second-order valence-electron chi connectivity index (χ2n) is 7.79. The summed E-state index contributed by atoms with van der Waals surface area (Å²) in [7, 11) is 3.17. The van der Waals surface area contributed by atoms with Crippen molar-refractivity contribution >= 4 is 39.7 Å². The van der Waals surface area contributed by atoms with Crippen molar-refractivity contribution in [1.29, 1.82) is 0 Å². The van der Waals surface area contributed by atoms with Gasteiger partial charge >= 0.3 is 0 Å². The summed E-state index contributed by atoms with van der Waals surface area (Å²) in [6.45, 7) is 0.360. The van der Waals surface area contributed by atoms with Crippen LogP contribution in [0.4, 0.5) is 11.5 Å². The van der Waals surface area contributed by atoms with Gasteiger partial charge in [0.25, 0.3) is 5.91 Å². The maximum Gasteiger partial charge on any atom is 0.255 e. The van der Waals surface area contributed by atoms with Crippen LogP contribution in [-0.2, 0) is 6.54 Å². The largest absolute Gasteiger partial charge is 0.493 e. The minimum absolute atomic E-state index is 0.234. The van der Waals surface area contributed by atoms with E-state index in [4.69, 9.17) is 14.2 Å². The summed E-state index contributed by atoms with van der Waals surface area (Å²) in [5.41, 5.74) is 1.92. The molecule has 0 fully saturated rings. The third-order valence-electron chi connectivity index (χ3n) is 5.49. The Morgan fingerprint density at radius 2 is 1.70 bits per heavy atom. The number of thiazole rings is 1. The van der Waals surface area contributed by atoms with E-state index in [9.17, 15) is 4.79 Å². The molecule has 0 unspecified atom stereocenters. The van der Waals surface area contributed by atoms with Crippen molar-refractivity contribution in [2.24, 2.45) is 0 Å². The number of carbonyl (C=O) groups excluding carboxylic acids is 1. The predicted molar refractivity (Wildman–Crippen MR) is 142 cm³/mol. The Morgan fingerprint density at radius 1 is 0.892 bits per heavy atom. The fourth-order valence-corrected chi connectivity index (χ4v) is 4.24. The summed E-state index contributed by atoms with van der Waals surface area (Å²) in [6.07, 6.45) is 5.03. The van der Waals surface area contributed by atoms with Crippen LogP contribution < -0.4 is 24.8 Å². The maximum absolute atomic E-state index is 12.7. The van der Waals surface area contributed by atoms with E-state index >= 15 is 0 Å². The van der Waals surface area contributed by atoms with Crippen LogP contribution in [0.25, 0.3) is 10.9 Å². The SMILES string of the molecule is COc1cc2nccc(Oc3ccc(Nc4ncccc4C(=O)NCc4nccs4)cc3)c2cc1OC. The lowest BCUT2D eigenvalue weighted by atomic mass is 10.2. The smallest absolute Gasteiger partial charge is 0.255 e. The first-order chi connectivity index (χ1) is 18.1. The molecule has 5 rings (SSSR count). The molecule has 0 aliphatic carbocycles. The lowest BCUT2D eigenvalue weighted by Gasteiger charge is -2.13. The number of carbonyl (C=O) groups is 1. The first-order valence-corrected chi connectivity index (χ1v) is 12.2. The first kappa shape index (κ1) is 24.0. The number of anilines is 2. The highest BCUT2D eigenvalue weighted by molar-refractivity contribution is 7.09. The quantitative estimate of drug-likeness (QED) is 0.263. The van der Waals surface area contributed by atoms with E-state index < -0.39 is 0 Å². The summed E-state index contributed by atoms with van der Waals surface area (Å²) in [5, 5.41) is 9.60. The molecule has 0 aliphatic heterocycles. The highest BCUT2D eigenvalue weighted by Crippen LogP contribution is 2.37. The highest BCUT2D eigenvalue weighted by Gasteiger charge is 2.14. The van der Waals surface area contributed by atoms with Gasteiger partial charge in [0.2, 0.25) is 0 Å². The molecule has 0 radical (unpaired) electrons. The van der Waals surface area contributed by atoms with Crippen LogP contribution in [0.5, 0.6) is 23.0 Å². The third kappa shape index (κ3) is 5.44. The van der Waals surface area contributed by atoms with E-state index in [1.54, 1.807) is 51.0 Å². The molecule has 2 aromatic carbocycles. The molecule has 0 atom stereocenters. The average Bonchev–Trinajstić information content (AvgIpc) is 3.46. The predicted octanol–water partition coefficient (Wildman–Crippen LogP) is 5.57. The number of nitrogens with one attached hydrogen (secondary N) is 2. The van der Waals surface area contributed by atoms with Gasteiger partial charge in [0.15, 0.2) is 11.5 Å². The van der Waals surface area contributed by atoms with Gasteiger partial charge < -0.3 is 24.8 Å². The fourth-order valence-electron chi connectivity index (χ4n) is 3.69. The molecule has 0 saturated heterocycles.